The zero-order chi connectivity index (χ0) is 12.9. The molecule has 0 fully saturated rings. The van der Waals surface area contributed by atoms with Gasteiger partial charge in [-0.15, -0.1) is 11.3 Å². The average molecular weight is 340 g/mol. The van der Waals surface area contributed by atoms with E-state index in [1.807, 2.05) is 6.92 Å². The standard InChI is InChI=1S/C10H14BrNO3S2/c1-8(2)7-15-6-5-12-17(13,14)10-4-3-9(11)16-10/h3-4,12H,1,5-7H2,2H3. The molecule has 1 N–H and O–H groups in total. The topological polar surface area (TPSA) is 55.4 Å². The van der Waals surface area contributed by atoms with Gasteiger partial charge >= 0.3 is 0 Å². The summed E-state index contributed by atoms with van der Waals surface area (Å²) in [5.41, 5.74) is 0.912. The minimum absolute atomic E-state index is 0.255. The van der Waals surface area contributed by atoms with E-state index in [-0.39, 0.29) is 6.54 Å². The number of sulfonamides is 1. The van der Waals surface area contributed by atoms with Crippen LogP contribution >= 0.6 is 27.3 Å². The molecule has 7 heteroatoms. The molecule has 0 aliphatic rings. The van der Waals surface area contributed by atoms with E-state index in [0.717, 1.165) is 9.36 Å². The van der Waals surface area contributed by atoms with E-state index in [2.05, 4.69) is 27.2 Å². The number of thiophene rings is 1. The highest BCUT2D eigenvalue weighted by Crippen LogP contribution is 2.25. The van der Waals surface area contributed by atoms with Gasteiger partial charge in [-0.3, -0.25) is 0 Å². The Bertz CT molecular complexity index is 481. The molecule has 1 aromatic heterocycles. The third-order valence-electron chi connectivity index (χ3n) is 1.70. The first-order chi connectivity index (χ1) is 7.92. The summed E-state index contributed by atoms with van der Waals surface area (Å²) in [6.07, 6.45) is 0. The molecule has 0 aromatic carbocycles. The molecule has 1 rings (SSSR count). The summed E-state index contributed by atoms with van der Waals surface area (Å²) in [7, 11) is -3.40. The van der Waals surface area contributed by atoms with Gasteiger partial charge in [-0.1, -0.05) is 12.2 Å². The lowest BCUT2D eigenvalue weighted by molar-refractivity contribution is 0.162. The van der Waals surface area contributed by atoms with Gasteiger partial charge in [-0.25, -0.2) is 13.1 Å². The van der Waals surface area contributed by atoms with Crippen molar-refractivity contribution >= 4 is 37.3 Å². The molecular weight excluding hydrogens is 326 g/mol. The first-order valence-electron chi connectivity index (χ1n) is 4.89. The molecule has 17 heavy (non-hydrogen) atoms. The van der Waals surface area contributed by atoms with Gasteiger partial charge in [0.1, 0.15) is 4.21 Å². The molecule has 0 amide bonds. The maximum atomic E-state index is 11.7. The molecule has 0 saturated heterocycles. The van der Waals surface area contributed by atoms with E-state index in [9.17, 15) is 8.42 Å². The van der Waals surface area contributed by atoms with E-state index in [4.69, 9.17) is 4.74 Å². The quantitative estimate of drug-likeness (QED) is 0.612. The van der Waals surface area contributed by atoms with Crippen molar-refractivity contribution < 1.29 is 13.2 Å². The van der Waals surface area contributed by atoms with Gasteiger partial charge in [-0.05, 0) is 35.0 Å². The van der Waals surface area contributed by atoms with Crippen LogP contribution < -0.4 is 4.72 Å². The van der Waals surface area contributed by atoms with E-state index in [1.54, 1.807) is 12.1 Å². The minimum Gasteiger partial charge on any atom is -0.376 e. The average Bonchev–Trinajstić information content (AvgIpc) is 2.64. The van der Waals surface area contributed by atoms with Crippen molar-refractivity contribution in [1.82, 2.24) is 4.72 Å². The maximum Gasteiger partial charge on any atom is 0.250 e. The Morgan fingerprint density at radius 2 is 2.29 bits per heavy atom. The van der Waals surface area contributed by atoms with E-state index in [1.165, 1.54) is 11.3 Å². The fourth-order valence-corrected chi connectivity index (χ4v) is 4.08. The molecule has 0 aliphatic carbocycles. The third kappa shape index (κ3) is 5.31. The smallest absolute Gasteiger partial charge is 0.250 e. The van der Waals surface area contributed by atoms with Crippen molar-refractivity contribution in [2.75, 3.05) is 19.8 Å². The second-order valence-corrected chi connectivity index (χ2v) is 7.92. The Kier molecular flexibility index (Phi) is 5.81. The zero-order valence-corrected chi connectivity index (χ0v) is 12.6. The van der Waals surface area contributed by atoms with Crippen LogP contribution in [0.2, 0.25) is 0 Å². The van der Waals surface area contributed by atoms with Crippen LogP contribution in [-0.4, -0.2) is 28.2 Å². The normalized spacial score (nSPS) is 11.6. The van der Waals surface area contributed by atoms with Crippen LogP contribution in [0.5, 0.6) is 0 Å². The number of rotatable bonds is 7. The molecular formula is C10H14BrNO3S2. The molecule has 0 radical (unpaired) electrons. The molecule has 0 saturated carbocycles. The van der Waals surface area contributed by atoms with Gasteiger partial charge in [0.25, 0.3) is 0 Å². The molecule has 0 spiro atoms. The summed E-state index contributed by atoms with van der Waals surface area (Å²) in [6.45, 7) is 6.58. The Morgan fingerprint density at radius 1 is 1.59 bits per heavy atom. The van der Waals surface area contributed by atoms with Gasteiger partial charge in [0.05, 0.1) is 17.0 Å². The molecule has 0 unspecified atom stereocenters. The summed E-state index contributed by atoms with van der Waals surface area (Å²) < 4.78 is 32.2. The number of hydrogen-bond acceptors (Lipinski definition) is 4. The highest BCUT2D eigenvalue weighted by molar-refractivity contribution is 9.11. The maximum absolute atomic E-state index is 11.7. The van der Waals surface area contributed by atoms with Gasteiger partial charge < -0.3 is 4.74 Å². The minimum atomic E-state index is -3.40. The van der Waals surface area contributed by atoms with Crippen molar-refractivity contribution in [2.45, 2.75) is 11.1 Å². The SMILES string of the molecule is C=C(C)COCCNS(=O)(=O)c1ccc(Br)s1. The fourth-order valence-electron chi connectivity index (χ4n) is 1.01. The monoisotopic (exact) mass is 339 g/mol. The Morgan fingerprint density at radius 3 is 2.82 bits per heavy atom. The molecule has 0 aliphatic heterocycles. The first kappa shape index (κ1) is 14.8. The predicted octanol–water partition coefficient (Wildman–Crippen LogP) is 2.38. The fraction of sp³-hybridized carbons (Fsp3) is 0.400. The van der Waals surface area contributed by atoms with Gasteiger partial charge in [-0.2, -0.15) is 0 Å². The number of hydrogen-bond donors (Lipinski definition) is 1. The number of ether oxygens (including phenoxy) is 1. The second kappa shape index (κ2) is 6.65. The zero-order valence-electron chi connectivity index (χ0n) is 9.40. The molecule has 1 aromatic rings. The van der Waals surface area contributed by atoms with Crippen molar-refractivity contribution in [2.24, 2.45) is 0 Å². The van der Waals surface area contributed by atoms with Crippen molar-refractivity contribution in [1.29, 1.82) is 0 Å². The molecule has 0 bridgehead atoms. The Labute approximate surface area is 114 Å². The summed E-state index contributed by atoms with van der Waals surface area (Å²) in [5.74, 6) is 0. The van der Waals surface area contributed by atoms with E-state index >= 15 is 0 Å². The first-order valence-corrected chi connectivity index (χ1v) is 7.98. The lowest BCUT2D eigenvalue weighted by Crippen LogP contribution is -2.27. The lowest BCUT2D eigenvalue weighted by Gasteiger charge is -2.05. The molecule has 4 nitrogen and oxygen atoms in total. The molecule has 1 heterocycles. The summed E-state index contributed by atoms with van der Waals surface area (Å²) in [6, 6.07) is 3.27. The summed E-state index contributed by atoms with van der Waals surface area (Å²) in [5, 5.41) is 0. The predicted molar refractivity (Wildman–Crippen MR) is 72.8 cm³/mol. The number of nitrogens with one attached hydrogen (secondary N) is 1. The summed E-state index contributed by atoms with van der Waals surface area (Å²) in [4.78, 5) is 0. The van der Waals surface area contributed by atoms with Gasteiger partial charge in [0, 0.05) is 6.54 Å². The highest BCUT2D eigenvalue weighted by atomic mass is 79.9. The Hall–Kier alpha value is -0.210. The van der Waals surface area contributed by atoms with Crippen molar-refractivity contribution in [3.05, 3.63) is 28.1 Å². The van der Waals surface area contributed by atoms with Crippen LogP contribution in [0.1, 0.15) is 6.92 Å². The van der Waals surface area contributed by atoms with Crippen LogP contribution in [0, 0.1) is 0 Å². The van der Waals surface area contributed by atoms with Crippen LogP contribution in [0.25, 0.3) is 0 Å². The highest BCUT2D eigenvalue weighted by Gasteiger charge is 2.15. The molecule has 0 atom stereocenters. The molecule has 96 valence electrons. The van der Waals surface area contributed by atoms with E-state index in [0.29, 0.717) is 17.4 Å². The lowest BCUT2D eigenvalue weighted by atomic mass is 10.4. The summed E-state index contributed by atoms with van der Waals surface area (Å²) >= 11 is 4.40. The Balaban J connectivity index is 2.38. The van der Waals surface area contributed by atoms with Gasteiger partial charge in [0.2, 0.25) is 10.0 Å². The number of halogens is 1. The largest absolute Gasteiger partial charge is 0.376 e. The van der Waals surface area contributed by atoms with Crippen molar-refractivity contribution in [3.63, 3.8) is 0 Å². The van der Waals surface area contributed by atoms with Gasteiger partial charge in [0.15, 0.2) is 0 Å². The van der Waals surface area contributed by atoms with Crippen molar-refractivity contribution in [3.8, 4) is 0 Å². The van der Waals surface area contributed by atoms with E-state index < -0.39 is 10.0 Å². The third-order valence-corrected chi connectivity index (χ3v) is 5.28. The van der Waals surface area contributed by atoms with Crippen LogP contribution in [0.4, 0.5) is 0 Å². The van der Waals surface area contributed by atoms with Crippen LogP contribution in [0.15, 0.2) is 32.3 Å². The second-order valence-electron chi connectivity index (χ2n) is 3.47. The van der Waals surface area contributed by atoms with Crippen LogP contribution in [0.3, 0.4) is 0 Å². The van der Waals surface area contributed by atoms with Crippen LogP contribution in [-0.2, 0) is 14.8 Å².